The molecule has 0 aliphatic heterocycles. The molecule has 0 N–H and O–H groups in total. The minimum atomic E-state index is -0.843. The van der Waals surface area contributed by atoms with E-state index in [1.807, 2.05) is 19.9 Å². The molecule has 0 aromatic carbocycles. The maximum Gasteiger partial charge on any atom is 0.347 e. The first kappa shape index (κ1) is 27.6. The highest BCUT2D eigenvalue weighted by Gasteiger charge is 2.27. The molecule has 1 atom stereocenters. The monoisotopic (exact) mass is 416 g/mol. The molecule has 0 heterocycles. The van der Waals surface area contributed by atoms with Crippen LogP contribution in [0.5, 0.6) is 0 Å². The summed E-state index contributed by atoms with van der Waals surface area (Å²) in [6.45, 7) is 7.84. The Balaban J connectivity index is 3.93. The Bertz CT molecular complexity index is 594. The Kier molecular flexibility index (Phi) is 18.4. The lowest BCUT2D eigenvalue weighted by atomic mass is 10.1. The van der Waals surface area contributed by atoms with Gasteiger partial charge in [-0.15, -0.1) is 0 Å². The second kappa shape index (κ2) is 19.9. The lowest BCUT2D eigenvalue weighted by Gasteiger charge is -2.19. The third kappa shape index (κ3) is 16.6. The fraction of sp³-hybridized carbons (Fsp3) is 0.538. The van der Waals surface area contributed by atoms with Crippen LogP contribution in [0.4, 0.5) is 0 Å². The number of ether oxygens (including phenoxy) is 2. The van der Waals surface area contributed by atoms with E-state index in [1.54, 1.807) is 13.0 Å². The van der Waals surface area contributed by atoms with Crippen molar-refractivity contribution >= 4 is 11.9 Å². The van der Waals surface area contributed by atoms with Crippen molar-refractivity contribution in [2.75, 3.05) is 6.61 Å². The second-order valence-electron chi connectivity index (χ2n) is 7.20. The first-order valence-corrected chi connectivity index (χ1v) is 11.1. The number of esters is 2. The molecule has 0 aromatic heterocycles. The van der Waals surface area contributed by atoms with Crippen LogP contribution in [0.15, 0.2) is 60.8 Å². The van der Waals surface area contributed by atoms with Gasteiger partial charge in [-0.1, -0.05) is 88.0 Å². The van der Waals surface area contributed by atoms with E-state index in [9.17, 15) is 9.59 Å². The summed E-state index contributed by atoms with van der Waals surface area (Å²) in [6.07, 6.45) is 26.3. The van der Waals surface area contributed by atoms with Crippen LogP contribution in [0.25, 0.3) is 0 Å². The lowest BCUT2D eigenvalue weighted by molar-refractivity contribution is -0.170. The van der Waals surface area contributed by atoms with Crippen molar-refractivity contribution in [3.63, 3.8) is 0 Å². The molecular formula is C26H40O4. The van der Waals surface area contributed by atoms with Gasteiger partial charge >= 0.3 is 11.9 Å². The van der Waals surface area contributed by atoms with E-state index in [2.05, 4.69) is 55.5 Å². The van der Waals surface area contributed by atoms with E-state index in [4.69, 9.17) is 9.47 Å². The molecular weight excluding hydrogens is 376 g/mol. The Morgan fingerprint density at radius 1 is 0.733 bits per heavy atom. The van der Waals surface area contributed by atoms with E-state index >= 15 is 0 Å². The van der Waals surface area contributed by atoms with E-state index in [0.29, 0.717) is 0 Å². The van der Waals surface area contributed by atoms with Gasteiger partial charge < -0.3 is 9.47 Å². The second-order valence-corrected chi connectivity index (χ2v) is 7.20. The summed E-state index contributed by atoms with van der Waals surface area (Å²) in [4.78, 5) is 23.7. The standard InChI is InChI=1S/C26H40O4/c1-5-7-8-9-10-11-12-13-14-15-16-17-18-19-20-21-22-24(27)30-25(23(3)4)26(28)29-6-2/h8-9,11-12,14-15,17-18,20-21,23,25H,5-7,10,13,16,19,22H2,1-4H3/b9-8-,12-11-,15-14-,18-17-,21-20-. The topological polar surface area (TPSA) is 52.6 Å². The van der Waals surface area contributed by atoms with Crippen LogP contribution < -0.4 is 0 Å². The number of allylic oxidation sites excluding steroid dienone is 9. The first-order chi connectivity index (χ1) is 14.5. The van der Waals surface area contributed by atoms with E-state index < -0.39 is 18.0 Å². The molecule has 0 spiro atoms. The molecule has 168 valence electrons. The van der Waals surface area contributed by atoms with Crippen molar-refractivity contribution in [2.45, 2.75) is 78.7 Å². The van der Waals surface area contributed by atoms with Gasteiger partial charge in [0, 0.05) is 5.92 Å². The summed E-state index contributed by atoms with van der Waals surface area (Å²) < 4.78 is 10.2. The van der Waals surface area contributed by atoms with Gasteiger partial charge in [-0.05, 0) is 39.0 Å². The van der Waals surface area contributed by atoms with Crippen LogP contribution in [0, 0.1) is 5.92 Å². The largest absolute Gasteiger partial charge is 0.463 e. The van der Waals surface area contributed by atoms with E-state index in [-0.39, 0.29) is 18.9 Å². The molecule has 0 aliphatic rings. The molecule has 0 aromatic rings. The van der Waals surface area contributed by atoms with Crippen LogP contribution in [-0.4, -0.2) is 24.6 Å². The summed E-state index contributed by atoms with van der Waals surface area (Å²) in [5.74, 6) is -1.02. The molecule has 0 saturated heterocycles. The summed E-state index contributed by atoms with van der Waals surface area (Å²) in [5.41, 5.74) is 0. The van der Waals surface area contributed by atoms with Crippen LogP contribution in [0.1, 0.15) is 72.6 Å². The Morgan fingerprint density at radius 2 is 1.20 bits per heavy atom. The van der Waals surface area contributed by atoms with Crippen LogP contribution in [0.3, 0.4) is 0 Å². The maximum atomic E-state index is 11.9. The fourth-order valence-corrected chi connectivity index (χ4v) is 2.42. The van der Waals surface area contributed by atoms with Crippen molar-refractivity contribution in [3.05, 3.63) is 60.8 Å². The zero-order valence-corrected chi connectivity index (χ0v) is 19.2. The summed E-state index contributed by atoms with van der Waals surface area (Å²) >= 11 is 0. The molecule has 4 nitrogen and oxygen atoms in total. The smallest absolute Gasteiger partial charge is 0.347 e. The molecule has 0 fully saturated rings. The third-order valence-corrected chi connectivity index (χ3v) is 4.04. The van der Waals surface area contributed by atoms with Gasteiger partial charge in [0.15, 0.2) is 0 Å². The van der Waals surface area contributed by atoms with Gasteiger partial charge in [0.25, 0.3) is 0 Å². The Hall–Kier alpha value is -2.36. The zero-order valence-electron chi connectivity index (χ0n) is 19.2. The predicted molar refractivity (Wildman–Crippen MR) is 125 cm³/mol. The molecule has 30 heavy (non-hydrogen) atoms. The number of rotatable bonds is 16. The lowest BCUT2D eigenvalue weighted by Crippen LogP contribution is -2.33. The van der Waals surface area contributed by atoms with Gasteiger partial charge in [0.2, 0.25) is 6.10 Å². The number of unbranched alkanes of at least 4 members (excludes halogenated alkanes) is 1. The van der Waals surface area contributed by atoms with Crippen molar-refractivity contribution in [1.29, 1.82) is 0 Å². The van der Waals surface area contributed by atoms with Crippen molar-refractivity contribution in [3.8, 4) is 0 Å². The van der Waals surface area contributed by atoms with Crippen molar-refractivity contribution < 1.29 is 19.1 Å². The Morgan fingerprint density at radius 3 is 1.63 bits per heavy atom. The molecule has 1 unspecified atom stereocenters. The SMILES string of the molecule is CCC/C=C\C/C=C\C/C=C\C/C=C\C/C=C\CC(=O)OC(C(=O)OCC)C(C)C. The van der Waals surface area contributed by atoms with Crippen LogP contribution in [0.2, 0.25) is 0 Å². The third-order valence-electron chi connectivity index (χ3n) is 4.04. The molecule has 4 heteroatoms. The molecule has 0 saturated carbocycles. The number of hydrogen-bond acceptors (Lipinski definition) is 4. The van der Waals surface area contributed by atoms with Gasteiger partial charge in [-0.3, -0.25) is 4.79 Å². The first-order valence-electron chi connectivity index (χ1n) is 11.1. The zero-order chi connectivity index (χ0) is 22.5. The molecule has 0 bridgehead atoms. The minimum Gasteiger partial charge on any atom is -0.463 e. The van der Waals surface area contributed by atoms with E-state index in [0.717, 1.165) is 32.1 Å². The molecule has 0 rings (SSSR count). The molecule has 0 aliphatic carbocycles. The normalized spacial score (nSPS) is 13.5. The average molecular weight is 417 g/mol. The minimum absolute atomic E-state index is 0.119. The number of carbonyl (C=O) groups excluding carboxylic acids is 2. The van der Waals surface area contributed by atoms with Gasteiger partial charge in [-0.2, -0.15) is 0 Å². The summed E-state index contributed by atoms with van der Waals surface area (Å²) in [5, 5.41) is 0. The average Bonchev–Trinajstić information content (AvgIpc) is 2.71. The quantitative estimate of drug-likeness (QED) is 0.209. The Labute approximate surface area is 183 Å². The summed E-state index contributed by atoms with van der Waals surface area (Å²) in [7, 11) is 0. The van der Waals surface area contributed by atoms with Crippen molar-refractivity contribution in [2.24, 2.45) is 5.92 Å². The highest BCUT2D eigenvalue weighted by atomic mass is 16.6. The molecule has 0 radical (unpaired) electrons. The van der Waals surface area contributed by atoms with Gasteiger partial charge in [0.05, 0.1) is 13.0 Å². The summed E-state index contributed by atoms with van der Waals surface area (Å²) in [6, 6.07) is 0. The van der Waals surface area contributed by atoms with E-state index in [1.165, 1.54) is 6.42 Å². The molecule has 0 amide bonds. The number of carbonyl (C=O) groups is 2. The van der Waals surface area contributed by atoms with Crippen LogP contribution in [-0.2, 0) is 19.1 Å². The van der Waals surface area contributed by atoms with Gasteiger partial charge in [-0.25, -0.2) is 4.79 Å². The van der Waals surface area contributed by atoms with Crippen molar-refractivity contribution in [1.82, 2.24) is 0 Å². The van der Waals surface area contributed by atoms with Gasteiger partial charge in [0.1, 0.15) is 0 Å². The highest BCUT2D eigenvalue weighted by molar-refractivity contribution is 5.80. The van der Waals surface area contributed by atoms with Crippen LogP contribution >= 0.6 is 0 Å². The predicted octanol–water partition coefficient (Wildman–Crippen LogP) is 6.65. The fourth-order valence-electron chi connectivity index (χ4n) is 2.42. The highest BCUT2D eigenvalue weighted by Crippen LogP contribution is 2.10. The number of hydrogen-bond donors (Lipinski definition) is 0. The maximum absolute atomic E-state index is 11.9.